The summed E-state index contributed by atoms with van der Waals surface area (Å²) in [6.45, 7) is 4.35. The van der Waals surface area contributed by atoms with Crippen LogP contribution in [0.4, 0.5) is 0 Å². The highest BCUT2D eigenvalue weighted by Crippen LogP contribution is 2.34. The molecule has 0 fully saturated rings. The van der Waals surface area contributed by atoms with Crippen LogP contribution in [-0.4, -0.2) is 26.8 Å². The third kappa shape index (κ3) is 3.25. The summed E-state index contributed by atoms with van der Waals surface area (Å²) in [5.41, 5.74) is 8.45. The van der Waals surface area contributed by atoms with Gasteiger partial charge in [-0.2, -0.15) is 0 Å². The third-order valence-corrected chi connectivity index (χ3v) is 4.98. The lowest BCUT2D eigenvalue weighted by Gasteiger charge is -2.35. The van der Waals surface area contributed by atoms with Crippen LogP contribution in [0.5, 0.6) is 11.5 Å². The van der Waals surface area contributed by atoms with E-state index in [9.17, 15) is 0 Å². The first kappa shape index (κ1) is 16.8. The van der Waals surface area contributed by atoms with E-state index in [2.05, 4.69) is 55.1 Å². The number of ether oxygens (including phenoxy) is 2. The Bertz CT molecular complexity index is 686. The van der Waals surface area contributed by atoms with Crippen LogP contribution < -0.4 is 20.1 Å². The molecule has 2 aromatic carbocycles. The van der Waals surface area contributed by atoms with Gasteiger partial charge in [0.1, 0.15) is 12.6 Å². The first-order valence-corrected chi connectivity index (χ1v) is 8.60. The van der Waals surface area contributed by atoms with Crippen molar-refractivity contribution in [2.24, 2.45) is 0 Å². The average Bonchev–Trinajstić information content (AvgIpc) is 2.60. The molecule has 1 heterocycles. The highest BCUT2D eigenvalue weighted by molar-refractivity contribution is 5.49. The van der Waals surface area contributed by atoms with Gasteiger partial charge >= 0.3 is 0 Å². The fraction of sp³-hybridized carbons (Fsp3) is 0.400. The SMILES string of the molecule is COc1cc2c(cc1OC)[C@H]([C@@H](C)[NH3+])[NH+](Cc1ccccc1)CC2. The van der Waals surface area contributed by atoms with E-state index in [1.54, 1.807) is 19.1 Å². The van der Waals surface area contributed by atoms with Gasteiger partial charge in [0.2, 0.25) is 0 Å². The van der Waals surface area contributed by atoms with Crippen LogP contribution in [0, 0.1) is 0 Å². The molecule has 0 spiro atoms. The van der Waals surface area contributed by atoms with Gasteiger partial charge in [-0.25, -0.2) is 0 Å². The lowest BCUT2D eigenvalue weighted by molar-refractivity contribution is -0.957. The average molecular weight is 328 g/mol. The molecule has 2 aromatic rings. The van der Waals surface area contributed by atoms with E-state index in [-0.39, 0.29) is 0 Å². The van der Waals surface area contributed by atoms with Crippen LogP contribution in [0.25, 0.3) is 0 Å². The van der Waals surface area contributed by atoms with E-state index < -0.39 is 0 Å². The molecule has 1 aliphatic rings. The Morgan fingerprint density at radius 3 is 2.42 bits per heavy atom. The zero-order valence-corrected chi connectivity index (χ0v) is 14.8. The molecule has 0 saturated carbocycles. The van der Waals surface area contributed by atoms with Gasteiger partial charge in [0.05, 0.1) is 20.8 Å². The van der Waals surface area contributed by atoms with Crippen molar-refractivity contribution in [3.63, 3.8) is 0 Å². The Kier molecular flexibility index (Phi) is 5.07. The number of methoxy groups -OCH3 is 2. The van der Waals surface area contributed by atoms with E-state index in [1.807, 2.05) is 0 Å². The zero-order chi connectivity index (χ0) is 17.1. The van der Waals surface area contributed by atoms with Crippen molar-refractivity contribution in [3.05, 3.63) is 59.2 Å². The van der Waals surface area contributed by atoms with E-state index in [1.165, 1.54) is 16.7 Å². The highest BCUT2D eigenvalue weighted by atomic mass is 16.5. The van der Waals surface area contributed by atoms with Crippen molar-refractivity contribution < 1.29 is 20.1 Å². The summed E-state index contributed by atoms with van der Waals surface area (Å²) >= 11 is 0. The Hall–Kier alpha value is -2.04. The van der Waals surface area contributed by atoms with Gasteiger partial charge < -0.3 is 20.1 Å². The molecule has 3 atom stereocenters. The topological polar surface area (TPSA) is 50.5 Å². The summed E-state index contributed by atoms with van der Waals surface area (Å²) < 4.78 is 11.0. The van der Waals surface area contributed by atoms with Crippen LogP contribution in [0.15, 0.2) is 42.5 Å². The Balaban J connectivity index is 1.96. The maximum Gasteiger partial charge on any atom is 0.166 e. The summed E-state index contributed by atoms with van der Waals surface area (Å²) in [7, 11) is 3.39. The minimum absolute atomic E-state index is 0.320. The van der Waals surface area contributed by atoms with Crippen molar-refractivity contribution in [1.29, 1.82) is 0 Å². The van der Waals surface area contributed by atoms with Crippen LogP contribution in [0.2, 0.25) is 0 Å². The number of rotatable bonds is 5. The van der Waals surface area contributed by atoms with Gasteiger partial charge in [0, 0.05) is 17.5 Å². The van der Waals surface area contributed by atoms with Crippen molar-refractivity contribution in [3.8, 4) is 11.5 Å². The fourth-order valence-electron chi connectivity index (χ4n) is 3.88. The lowest BCUT2D eigenvalue weighted by Crippen LogP contribution is -3.14. The number of benzene rings is 2. The van der Waals surface area contributed by atoms with Gasteiger partial charge in [0.25, 0.3) is 0 Å². The number of nitrogens with one attached hydrogen (secondary N) is 1. The van der Waals surface area contributed by atoms with Gasteiger partial charge in [0.15, 0.2) is 17.5 Å². The normalized spacial score (nSPS) is 21.0. The van der Waals surface area contributed by atoms with E-state index in [4.69, 9.17) is 9.47 Å². The standard InChI is InChI=1S/C20H26N2O2/c1-14(21)20-17-12-19(24-3)18(23-2)11-16(17)9-10-22(20)13-15-7-5-4-6-8-15/h4-8,11-12,14,20H,9-10,13,21H2,1-3H3/p+2/t14-,20+/m1/s1. The first-order chi connectivity index (χ1) is 11.6. The number of fused-ring (bicyclic) bond motifs is 1. The molecule has 0 aliphatic carbocycles. The second kappa shape index (κ2) is 7.24. The third-order valence-electron chi connectivity index (χ3n) is 4.98. The van der Waals surface area contributed by atoms with Crippen LogP contribution >= 0.6 is 0 Å². The summed E-state index contributed by atoms with van der Waals surface area (Å²) in [6.07, 6.45) is 1.06. The Labute approximate surface area is 144 Å². The molecule has 0 bridgehead atoms. The van der Waals surface area contributed by atoms with E-state index in [0.29, 0.717) is 12.1 Å². The van der Waals surface area contributed by atoms with Crippen LogP contribution in [0.1, 0.15) is 29.7 Å². The van der Waals surface area contributed by atoms with Crippen molar-refractivity contribution in [2.75, 3.05) is 20.8 Å². The molecule has 4 N–H and O–H groups in total. The van der Waals surface area contributed by atoms with Crippen molar-refractivity contribution in [1.82, 2.24) is 0 Å². The molecule has 4 nitrogen and oxygen atoms in total. The summed E-state index contributed by atoms with van der Waals surface area (Å²) in [4.78, 5) is 1.57. The molecule has 0 aromatic heterocycles. The molecule has 0 saturated heterocycles. The van der Waals surface area contributed by atoms with Gasteiger partial charge in [-0.05, 0) is 24.6 Å². The molecule has 4 heteroatoms. The molecule has 128 valence electrons. The zero-order valence-electron chi connectivity index (χ0n) is 14.8. The Morgan fingerprint density at radius 2 is 1.79 bits per heavy atom. The fourth-order valence-corrected chi connectivity index (χ4v) is 3.88. The molecule has 0 radical (unpaired) electrons. The van der Waals surface area contributed by atoms with Crippen molar-refractivity contribution in [2.45, 2.75) is 32.0 Å². The number of hydrogen-bond acceptors (Lipinski definition) is 2. The van der Waals surface area contributed by atoms with Gasteiger partial charge in [-0.15, -0.1) is 0 Å². The predicted molar refractivity (Wildman–Crippen MR) is 94.3 cm³/mol. The summed E-state index contributed by atoms with van der Waals surface area (Å²) in [5.74, 6) is 1.63. The Morgan fingerprint density at radius 1 is 1.12 bits per heavy atom. The molecule has 24 heavy (non-hydrogen) atoms. The van der Waals surface area contributed by atoms with Crippen molar-refractivity contribution >= 4 is 0 Å². The molecular formula is C20H28N2O2+2. The monoisotopic (exact) mass is 328 g/mol. The molecule has 1 aliphatic heterocycles. The summed E-state index contributed by atoms with van der Waals surface area (Å²) in [6, 6.07) is 15.7. The maximum atomic E-state index is 5.53. The first-order valence-electron chi connectivity index (χ1n) is 8.60. The highest BCUT2D eigenvalue weighted by Gasteiger charge is 2.36. The molecule has 1 unspecified atom stereocenters. The minimum atomic E-state index is 0.320. The largest absolute Gasteiger partial charge is 0.493 e. The quantitative estimate of drug-likeness (QED) is 0.861. The van der Waals surface area contributed by atoms with E-state index >= 15 is 0 Å². The molecular weight excluding hydrogens is 300 g/mol. The molecule has 3 rings (SSSR count). The number of quaternary nitrogens is 2. The molecule has 0 amide bonds. The minimum Gasteiger partial charge on any atom is -0.493 e. The van der Waals surface area contributed by atoms with Gasteiger partial charge in [-0.3, -0.25) is 0 Å². The predicted octanol–water partition coefficient (Wildman–Crippen LogP) is 1.02. The van der Waals surface area contributed by atoms with Crippen LogP contribution in [0.3, 0.4) is 0 Å². The van der Waals surface area contributed by atoms with Crippen LogP contribution in [-0.2, 0) is 13.0 Å². The van der Waals surface area contributed by atoms with E-state index in [0.717, 1.165) is 31.0 Å². The lowest BCUT2D eigenvalue weighted by atomic mass is 9.88. The number of hydrogen-bond donors (Lipinski definition) is 2. The smallest absolute Gasteiger partial charge is 0.166 e. The summed E-state index contributed by atoms with van der Waals surface area (Å²) in [5, 5.41) is 0. The second-order valence-corrected chi connectivity index (χ2v) is 6.68. The maximum absolute atomic E-state index is 5.53. The van der Waals surface area contributed by atoms with Gasteiger partial charge in [-0.1, -0.05) is 30.3 Å². The second-order valence-electron chi connectivity index (χ2n) is 6.68.